The molecular formula is C26H27NO3. The molecule has 1 amide bonds. The second kappa shape index (κ2) is 9.14. The summed E-state index contributed by atoms with van der Waals surface area (Å²) >= 11 is 0. The van der Waals surface area contributed by atoms with Crippen molar-refractivity contribution < 1.29 is 14.6 Å². The first kappa shape index (κ1) is 20.2. The summed E-state index contributed by atoms with van der Waals surface area (Å²) in [6, 6.07) is 25.9. The van der Waals surface area contributed by atoms with Gasteiger partial charge in [-0.1, -0.05) is 54.6 Å². The molecule has 0 radical (unpaired) electrons. The third kappa shape index (κ3) is 3.96. The normalized spacial score (nSPS) is 18.2. The summed E-state index contributed by atoms with van der Waals surface area (Å²) in [6.07, 6.45) is 2.59. The maximum Gasteiger partial charge on any atom is 0.233 e. The number of aryl methyl sites for hydroxylation is 1. The molecule has 1 heterocycles. The van der Waals surface area contributed by atoms with Gasteiger partial charge in [0.05, 0.1) is 25.7 Å². The number of β-lactam (4-membered cyclic amide) rings is 1. The van der Waals surface area contributed by atoms with E-state index in [0.29, 0.717) is 0 Å². The molecule has 154 valence electrons. The van der Waals surface area contributed by atoms with Gasteiger partial charge in [-0.25, -0.2) is 0 Å². The van der Waals surface area contributed by atoms with Crippen molar-refractivity contribution in [3.05, 3.63) is 95.6 Å². The van der Waals surface area contributed by atoms with Crippen LogP contribution in [0.2, 0.25) is 0 Å². The smallest absolute Gasteiger partial charge is 0.233 e. The monoisotopic (exact) mass is 401 g/mol. The zero-order valence-corrected chi connectivity index (χ0v) is 17.2. The highest BCUT2D eigenvalue weighted by molar-refractivity contribution is 6.03. The molecule has 1 aliphatic rings. The average Bonchev–Trinajstić information content (AvgIpc) is 2.81. The number of anilines is 1. The van der Waals surface area contributed by atoms with E-state index in [1.807, 2.05) is 65.6 Å². The summed E-state index contributed by atoms with van der Waals surface area (Å²) in [7, 11) is 1.66. The molecule has 0 aliphatic carbocycles. The molecule has 1 saturated heterocycles. The van der Waals surface area contributed by atoms with Crippen LogP contribution in [0.3, 0.4) is 0 Å². The highest BCUT2D eigenvalue weighted by Gasteiger charge is 2.48. The molecular weight excluding hydrogens is 374 g/mol. The number of amides is 1. The molecule has 0 saturated carbocycles. The van der Waals surface area contributed by atoms with Gasteiger partial charge in [0.1, 0.15) is 5.75 Å². The first-order valence-corrected chi connectivity index (χ1v) is 10.4. The highest BCUT2D eigenvalue weighted by Crippen LogP contribution is 2.45. The van der Waals surface area contributed by atoms with Crippen LogP contribution in [0.15, 0.2) is 78.9 Å². The molecule has 4 heteroatoms. The number of carbonyl (C=O) groups is 1. The first-order valence-electron chi connectivity index (χ1n) is 10.4. The maximum atomic E-state index is 13.1. The van der Waals surface area contributed by atoms with Crippen molar-refractivity contribution in [3.63, 3.8) is 0 Å². The predicted molar refractivity (Wildman–Crippen MR) is 118 cm³/mol. The van der Waals surface area contributed by atoms with Gasteiger partial charge in [-0.2, -0.15) is 0 Å². The lowest BCUT2D eigenvalue weighted by atomic mass is 9.78. The molecule has 3 aromatic carbocycles. The summed E-state index contributed by atoms with van der Waals surface area (Å²) in [5, 5.41) is 9.55. The van der Waals surface area contributed by atoms with Crippen LogP contribution >= 0.6 is 0 Å². The standard InChI is InChI=1S/C26H27NO3/c1-30-23-16-14-20(15-17-23)25-24(26(29)27(25)22-11-3-2-4-12-22)13-7-10-19-8-5-6-9-21(19)18-28/h2-6,8-9,11-12,14-17,24-25,28H,7,10,13,18H2,1H3/t24-,25-/m1/s1. The summed E-state index contributed by atoms with van der Waals surface area (Å²) < 4.78 is 5.29. The number of methoxy groups -OCH3 is 1. The van der Waals surface area contributed by atoms with E-state index in [0.717, 1.165) is 47.4 Å². The van der Waals surface area contributed by atoms with E-state index < -0.39 is 0 Å². The number of hydrogen-bond acceptors (Lipinski definition) is 3. The second-order valence-electron chi connectivity index (χ2n) is 7.69. The molecule has 1 aliphatic heterocycles. The summed E-state index contributed by atoms with van der Waals surface area (Å²) in [4.78, 5) is 15.0. The Morgan fingerprint density at radius 3 is 2.23 bits per heavy atom. The number of ether oxygens (including phenoxy) is 1. The average molecular weight is 402 g/mol. The topological polar surface area (TPSA) is 49.8 Å². The number of hydrogen-bond donors (Lipinski definition) is 1. The lowest BCUT2D eigenvalue weighted by Crippen LogP contribution is -2.55. The fraction of sp³-hybridized carbons (Fsp3) is 0.269. The number of carbonyl (C=O) groups excluding carboxylic acids is 1. The molecule has 4 nitrogen and oxygen atoms in total. The third-order valence-corrected chi connectivity index (χ3v) is 5.96. The van der Waals surface area contributed by atoms with Crippen LogP contribution in [0, 0.1) is 5.92 Å². The van der Waals surface area contributed by atoms with Gasteiger partial charge in [0, 0.05) is 5.69 Å². The summed E-state index contributed by atoms with van der Waals surface area (Å²) in [5.74, 6) is 0.949. The van der Waals surface area contributed by atoms with Crippen LogP contribution < -0.4 is 9.64 Å². The van der Waals surface area contributed by atoms with Crippen molar-refractivity contribution in [2.75, 3.05) is 12.0 Å². The Morgan fingerprint density at radius 1 is 0.900 bits per heavy atom. The van der Waals surface area contributed by atoms with E-state index in [1.165, 1.54) is 0 Å². The molecule has 0 bridgehead atoms. The molecule has 3 aromatic rings. The van der Waals surface area contributed by atoms with Crippen molar-refractivity contribution in [1.82, 2.24) is 0 Å². The van der Waals surface area contributed by atoms with Crippen molar-refractivity contribution in [2.24, 2.45) is 5.92 Å². The van der Waals surface area contributed by atoms with Gasteiger partial charge >= 0.3 is 0 Å². The van der Waals surface area contributed by atoms with Gasteiger partial charge in [0.25, 0.3) is 0 Å². The quantitative estimate of drug-likeness (QED) is 0.546. The molecule has 1 N–H and O–H groups in total. The van der Waals surface area contributed by atoms with Crippen LogP contribution in [-0.4, -0.2) is 18.1 Å². The van der Waals surface area contributed by atoms with E-state index in [2.05, 4.69) is 18.2 Å². The molecule has 1 fully saturated rings. The predicted octanol–water partition coefficient (Wildman–Crippen LogP) is 4.91. The maximum absolute atomic E-state index is 13.1. The minimum absolute atomic E-state index is 0.0268. The van der Waals surface area contributed by atoms with Crippen LogP contribution in [0.5, 0.6) is 5.75 Å². The van der Waals surface area contributed by atoms with Crippen LogP contribution in [0.25, 0.3) is 0 Å². The van der Waals surface area contributed by atoms with E-state index in [-0.39, 0.29) is 24.5 Å². The van der Waals surface area contributed by atoms with Gasteiger partial charge in [0.15, 0.2) is 0 Å². The fourth-order valence-electron chi connectivity index (χ4n) is 4.36. The van der Waals surface area contributed by atoms with E-state index in [4.69, 9.17) is 4.74 Å². The Kier molecular flexibility index (Phi) is 6.15. The molecule has 0 spiro atoms. The number of aliphatic hydroxyl groups is 1. The molecule has 30 heavy (non-hydrogen) atoms. The van der Waals surface area contributed by atoms with Gasteiger partial charge in [-0.3, -0.25) is 4.79 Å². The number of rotatable bonds is 8. The molecule has 0 unspecified atom stereocenters. The lowest BCUT2D eigenvalue weighted by molar-refractivity contribution is -0.130. The Hall–Kier alpha value is -3.11. The molecule has 0 aromatic heterocycles. The van der Waals surface area contributed by atoms with Crippen molar-refractivity contribution in [1.29, 1.82) is 0 Å². The van der Waals surface area contributed by atoms with Crippen LogP contribution in [0.1, 0.15) is 35.6 Å². The summed E-state index contributed by atoms with van der Waals surface area (Å²) in [5.41, 5.74) is 4.19. The molecule has 2 atom stereocenters. The van der Waals surface area contributed by atoms with Crippen molar-refractivity contribution in [3.8, 4) is 5.75 Å². The van der Waals surface area contributed by atoms with E-state index in [9.17, 15) is 9.90 Å². The third-order valence-electron chi connectivity index (χ3n) is 5.96. The van der Waals surface area contributed by atoms with Gasteiger partial charge < -0.3 is 14.7 Å². The van der Waals surface area contributed by atoms with Crippen molar-refractivity contribution in [2.45, 2.75) is 31.9 Å². The summed E-state index contributed by atoms with van der Waals surface area (Å²) in [6.45, 7) is 0.0504. The molecule has 4 rings (SSSR count). The number of para-hydroxylation sites is 1. The first-order chi connectivity index (χ1) is 14.7. The lowest BCUT2D eigenvalue weighted by Gasteiger charge is -2.47. The highest BCUT2D eigenvalue weighted by atomic mass is 16.5. The minimum Gasteiger partial charge on any atom is -0.497 e. The van der Waals surface area contributed by atoms with Gasteiger partial charge in [-0.15, -0.1) is 0 Å². The zero-order chi connectivity index (χ0) is 20.9. The number of aliphatic hydroxyl groups excluding tert-OH is 1. The van der Waals surface area contributed by atoms with Crippen molar-refractivity contribution >= 4 is 11.6 Å². The van der Waals surface area contributed by atoms with E-state index >= 15 is 0 Å². The fourth-order valence-corrected chi connectivity index (χ4v) is 4.36. The van der Waals surface area contributed by atoms with Crippen LogP contribution in [-0.2, 0) is 17.8 Å². The van der Waals surface area contributed by atoms with Gasteiger partial charge in [0.2, 0.25) is 5.91 Å². The number of nitrogens with zero attached hydrogens (tertiary/aromatic N) is 1. The Morgan fingerprint density at radius 2 is 1.57 bits per heavy atom. The zero-order valence-electron chi connectivity index (χ0n) is 17.2. The Balaban J connectivity index is 1.52. The Labute approximate surface area is 177 Å². The largest absolute Gasteiger partial charge is 0.497 e. The minimum atomic E-state index is -0.0418. The SMILES string of the molecule is COc1ccc([C@@H]2[C@@H](CCCc3ccccc3CO)C(=O)N2c2ccccc2)cc1. The van der Waals surface area contributed by atoms with Gasteiger partial charge in [-0.05, 0) is 60.2 Å². The Bertz CT molecular complexity index is 985. The second-order valence-corrected chi connectivity index (χ2v) is 7.69. The van der Waals surface area contributed by atoms with E-state index in [1.54, 1.807) is 7.11 Å². The number of benzene rings is 3. The van der Waals surface area contributed by atoms with Crippen LogP contribution in [0.4, 0.5) is 5.69 Å².